The average Bonchev–Trinajstić information content (AvgIpc) is 3.44. The lowest BCUT2D eigenvalue weighted by Gasteiger charge is -2.23. The van der Waals surface area contributed by atoms with Crippen LogP contribution in [-0.4, -0.2) is 32.0 Å². The number of nitrogens with zero attached hydrogens (tertiary/aromatic N) is 5. The lowest BCUT2D eigenvalue weighted by atomic mass is 10.1. The number of carbonyl (C=O) groups is 1. The predicted octanol–water partition coefficient (Wildman–Crippen LogP) is 5.03. The minimum absolute atomic E-state index is 0.111. The zero-order chi connectivity index (χ0) is 24.7. The zero-order valence-electron chi connectivity index (χ0n) is 19.2. The van der Waals surface area contributed by atoms with Gasteiger partial charge in [0, 0.05) is 30.0 Å². The summed E-state index contributed by atoms with van der Waals surface area (Å²) < 4.78 is 40.2. The molecule has 10 heteroatoms. The van der Waals surface area contributed by atoms with Gasteiger partial charge in [-0.3, -0.25) is 4.79 Å². The number of carbonyl (C=O) groups excluding carboxylic acids is 1. The van der Waals surface area contributed by atoms with Gasteiger partial charge in [-0.05, 0) is 56.0 Å². The molecule has 0 unspecified atom stereocenters. The Labute approximate surface area is 199 Å². The van der Waals surface area contributed by atoms with E-state index >= 15 is 0 Å². The summed E-state index contributed by atoms with van der Waals surface area (Å²) in [6, 6.07) is 15.9. The first-order chi connectivity index (χ1) is 16.7. The zero-order valence-corrected chi connectivity index (χ0v) is 19.2. The second-order valence-electron chi connectivity index (χ2n) is 8.50. The van der Waals surface area contributed by atoms with Gasteiger partial charge in [0.1, 0.15) is 0 Å². The normalized spacial score (nSPS) is 13.3. The summed E-state index contributed by atoms with van der Waals surface area (Å²) in [4.78, 5) is 22.7. The van der Waals surface area contributed by atoms with E-state index in [-0.39, 0.29) is 18.1 Å². The number of para-hydroxylation sites is 3. The van der Waals surface area contributed by atoms with Crippen molar-refractivity contribution in [1.82, 2.24) is 19.6 Å². The van der Waals surface area contributed by atoms with E-state index in [0.29, 0.717) is 29.1 Å². The molecule has 0 bridgehead atoms. The maximum absolute atomic E-state index is 13.0. The van der Waals surface area contributed by atoms with Crippen LogP contribution in [0.25, 0.3) is 5.78 Å². The fraction of sp³-hybridized carbons (Fsp3) is 0.280. The van der Waals surface area contributed by atoms with Gasteiger partial charge in [0.25, 0.3) is 11.6 Å². The second kappa shape index (κ2) is 8.68. The second-order valence-corrected chi connectivity index (χ2v) is 8.50. The summed E-state index contributed by atoms with van der Waals surface area (Å²) >= 11 is 0. The molecular weight excluding hydrogens is 457 g/mol. The number of aromatic nitrogens is 4. The van der Waals surface area contributed by atoms with Gasteiger partial charge in [-0.2, -0.15) is 18.2 Å². The Morgan fingerprint density at radius 1 is 1.03 bits per heavy atom. The third kappa shape index (κ3) is 4.31. The van der Waals surface area contributed by atoms with Gasteiger partial charge in [0.15, 0.2) is 0 Å². The molecule has 3 heterocycles. The van der Waals surface area contributed by atoms with Gasteiger partial charge in [-0.1, -0.05) is 30.3 Å². The number of aryl methyl sites for hydroxylation is 2. The van der Waals surface area contributed by atoms with Crippen LogP contribution in [0.2, 0.25) is 0 Å². The van der Waals surface area contributed by atoms with Gasteiger partial charge < -0.3 is 10.2 Å². The van der Waals surface area contributed by atoms with E-state index in [4.69, 9.17) is 0 Å². The lowest BCUT2D eigenvalue weighted by molar-refractivity contribution is -0.144. The third-order valence-electron chi connectivity index (χ3n) is 6.26. The van der Waals surface area contributed by atoms with Crippen LogP contribution in [-0.2, 0) is 23.8 Å². The summed E-state index contributed by atoms with van der Waals surface area (Å²) in [5, 5.41) is 6.57. The Balaban J connectivity index is 1.34. The van der Waals surface area contributed by atoms with Crippen LogP contribution >= 0.6 is 0 Å². The van der Waals surface area contributed by atoms with E-state index in [2.05, 4.69) is 37.4 Å². The van der Waals surface area contributed by atoms with Crippen molar-refractivity contribution >= 4 is 28.7 Å². The highest BCUT2D eigenvalue weighted by Gasteiger charge is 2.37. The quantitative estimate of drug-likeness (QED) is 0.434. The average molecular weight is 480 g/mol. The minimum Gasteiger partial charge on any atom is -0.339 e. The molecule has 2 aromatic heterocycles. The molecule has 1 aliphatic heterocycles. The van der Waals surface area contributed by atoms with Crippen LogP contribution in [0.5, 0.6) is 0 Å². The number of amides is 1. The lowest BCUT2D eigenvalue weighted by Crippen LogP contribution is -2.19. The van der Waals surface area contributed by atoms with Crippen molar-refractivity contribution in [2.24, 2.45) is 0 Å². The summed E-state index contributed by atoms with van der Waals surface area (Å²) in [5.41, 5.74) is 5.71. The Bertz CT molecular complexity index is 1430. The van der Waals surface area contributed by atoms with Crippen LogP contribution in [0.3, 0.4) is 0 Å². The molecule has 0 aliphatic carbocycles. The summed E-state index contributed by atoms with van der Waals surface area (Å²) in [7, 11) is 0. The Morgan fingerprint density at radius 2 is 1.74 bits per heavy atom. The fourth-order valence-electron chi connectivity index (χ4n) is 4.54. The molecule has 1 N–H and O–H groups in total. The molecule has 7 nitrogen and oxygen atoms in total. The smallest absolute Gasteiger partial charge is 0.339 e. The molecule has 0 spiro atoms. The number of alkyl halides is 3. The number of halogens is 3. The Morgan fingerprint density at radius 3 is 2.51 bits per heavy atom. The first kappa shape index (κ1) is 22.8. The molecule has 0 fully saturated rings. The molecule has 0 saturated heterocycles. The van der Waals surface area contributed by atoms with Crippen molar-refractivity contribution in [2.45, 2.75) is 39.3 Å². The Hall–Kier alpha value is -3.95. The highest BCUT2D eigenvalue weighted by molar-refractivity contribution is 5.95. The fourth-order valence-corrected chi connectivity index (χ4v) is 4.54. The van der Waals surface area contributed by atoms with Crippen molar-refractivity contribution in [3.05, 3.63) is 76.9 Å². The molecule has 0 radical (unpaired) electrons. The van der Waals surface area contributed by atoms with Gasteiger partial charge >= 0.3 is 6.18 Å². The monoisotopic (exact) mass is 480 g/mol. The molecule has 0 atom stereocenters. The largest absolute Gasteiger partial charge is 0.453 e. The molecule has 2 aromatic carbocycles. The maximum atomic E-state index is 13.0. The van der Waals surface area contributed by atoms with E-state index in [9.17, 15) is 18.0 Å². The molecule has 180 valence electrons. The molecule has 1 aliphatic rings. The van der Waals surface area contributed by atoms with E-state index in [0.717, 1.165) is 28.9 Å². The van der Waals surface area contributed by atoms with Crippen molar-refractivity contribution in [1.29, 1.82) is 0 Å². The number of fused-ring (bicyclic) bond motifs is 2. The van der Waals surface area contributed by atoms with Crippen LogP contribution in [0.4, 0.5) is 30.2 Å². The van der Waals surface area contributed by atoms with Crippen molar-refractivity contribution in [3.8, 4) is 0 Å². The van der Waals surface area contributed by atoms with Crippen LogP contribution in [0, 0.1) is 13.8 Å². The topological polar surface area (TPSA) is 75.4 Å². The molecule has 4 aromatic rings. The predicted molar refractivity (Wildman–Crippen MR) is 126 cm³/mol. The van der Waals surface area contributed by atoms with Crippen LogP contribution < -0.4 is 10.2 Å². The molecule has 1 amide bonds. The van der Waals surface area contributed by atoms with Gasteiger partial charge in [-0.15, -0.1) is 5.10 Å². The van der Waals surface area contributed by atoms with Gasteiger partial charge in [0.05, 0.1) is 11.4 Å². The number of benzene rings is 2. The first-order valence-electron chi connectivity index (χ1n) is 11.3. The van der Waals surface area contributed by atoms with E-state index in [1.54, 1.807) is 13.8 Å². The van der Waals surface area contributed by atoms with Crippen molar-refractivity contribution < 1.29 is 18.0 Å². The van der Waals surface area contributed by atoms with E-state index in [1.807, 2.05) is 36.4 Å². The van der Waals surface area contributed by atoms with Gasteiger partial charge in [0.2, 0.25) is 5.91 Å². The number of nitrogens with one attached hydrogen (secondary N) is 1. The Kier molecular flexibility index (Phi) is 5.66. The van der Waals surface area contributed by atoms with Gasteiger partial charge in [-0.25, -0.2) is 9.50 Å². The number of rotatable bonds is 5. The first-order valence-corrected chi connectivity index (χ1v) is 11.3. The number of hydrogen-bond acceptors (Lipinski definition) is 5. The minimum atomic E-state index is -4.66. The molecule has 35 heavy (non-hydrogen) atoms. The maximum Gasteiger partial charge on any atom is 0.453 e. The SMILES string of the molecule is Cc1nc2nc(C(F)(F)F)nn2c(C)c1CCC(=O)Nc1ccccc1N1CCc2ccccc21. The highest BCUT2D eigenvalue weighted by atomic mass is 19.4. The standard InChI is InChI=1S/C25H23F3N6O/c1-15-18(16(2)34-24(29-15)31-23(32-34)25(26,27)28)11-12-22(35)30-19-8-4-6-10-21(19)33-14-13-17-7-3-5-9-20(17)33/h3-10H,11-14H2,1-2H3,(H,30,35). The van der Waals surface area contributed by atoms with E-state index in [1.165, 1.54) is 5.56 Å². The summed E-state index contributed by atoms with van der Waals surface area (Å²) in [6.45, 7) is 4.18. The summed E-state index contributed by atoms with van der Waals surface area (Å²) in [5.74, 6) is -1.54. The number of anilines is 3. The summed E-state index contributed by atoms with van der Waals surface area (Å²) in [6.07, 6.45) is -3.27. The number of hydrogen-bond donors (Lipinski definition) is 1. The van der Waals surface area contributed by atoms with Crippen LogP contribution in [0.1, 0.15) is 34.8 Å². The van der Waals surface area contributed by atoms with Crippen molar-refractivity contribution in [2.75, 3.05) is 16.8 Å². The van der Waals surface area contributed by atoms with E-state index < -0.39 is 12.0 Å². The molecule has 5 rings (SSSR count). The highest BCUT2D eigenvalue weighted by Crippen LogP contribution is 2.38. The van der Waals surface area contributed by atoms with Crippen molar-refractivity contribution in [3.63, 3.8) is 0 Å². The third-order valence-corrected chi connectivity index (χ3v) is 6.26. The van der Waals surface area contributed by atoms with Crippen LogP contribution in [0.15, 0.2) is 48.5 Å². The molecular formula is C25H23F3N6O. The molecule has 0 saturated carbocycles.